The van der Waals surface area contributed by atoms with Gasteiger partial charge in [-0.25, -0.2) is 9.97 Å². The number of likely N-dealkylation sites (N-methyl/N-ethyl adjacent to an activating group) is 1. The van der Waals surface area contributed by atoms with Gasteiger partial charge in [-0.2, -0.15) is 0 Å². The van der Waals surface area contributed by atoms with Gasteiger partial charge in [0.25, 0.3) is 0 Å². The number of rotatable bonds is 6. The van der Waals surface area contributed by atoms with E-state index in [0.29, 0.717) is 5.88 Å². The predicted octanol–water partition coefficient (Wildman–Crippen LogP) is 2.76. The van der Waals surface area contributed by atoms with E-state index in [1.165, 1.54) is 11.9 Å². The number of halogens is 1. The maximum absolute atomic E-state index is 5.25. The second-order valence-corrected chi connectivity index (χ2v) is 5.35. The third-order valence-electron chi connectivity index (χ3n) is 3.23. The van der Waals surface area contributed by atoms with Gasteiger partial charge in [0.15, 0.2) is 0 Å². The number of hydrogen-bond donors (Lipinski definition) is 1. The molecule has 1 aromatic heterocycles. The van der Waals surface area contributed by atoms with Crippen molar-refractivity contribution in [1.29, 1.82) is 0 Å². The maximum atomic E-state index is 5.25. The van der Waals surface area contributed by atoms with Gasteiger partial charge >= 0.3 is 0 Å². The summed E-state index contributed by atoms with van der Waals surface area (Å²) in [6.07, 6.45) is 2.32. The summed E-state index contributed by atoms with van der Waals surface area (Å²) in [6.45, 7) is 0. The summed E-state index contributed by atoms with van der Waals surface area (Å²) in [4.78, 5) is 8.35. The minimum absolute atomic E-state index is 0.0854. The fourth-order valence-electron chi connectivity index (χ4n) is 2.08. The van der Waals surface area contributed by atoms with E-state index in [0.717, 1.165) is 22.3 Å². The summed E-state index contributed by atoms with van der Waals surface area (Å²) in [5.41, 5.74) is 2.08. The second-order valence-electron chi connectivity index (χ2n) is 4.50. The van der Waals surface area contributed by atoms with Gasteiger partial charge in [0.1, 0.15) is 12.1 Å². The molecule has 5 nitrogen and oxygen atoms in total. The lowest BCUT2D eigenvalue weighted by atomic mass is 10.0. The van der Waals surface area contributed by atoms with E-state index in [9.17, 15) is 0 Å². The van der Waals surface area contributed by atoms with Crippen LogP contribution in [0.1, 0.15) is 17.3 Å². The van der Waals surface area contributed by atoms with Crippen molar-refractivity contribution in [2.24, 2.45) is 0 Å². The molecule has 0 bridgehead atoms. The molecule has 0 spiro atoms. The first-order valence-corrected chi connectivity index (χ1v) is 7.32. The average Bonchev–Trinajstić information content (AvgIpc) is 2.52. The first kappa shape index (κ1) is 15.7. The number of ether oxygens (including phenoxy) is 2. The molecule has 1 heterocycles. The van der Waals surface area contributed by atoms with Gasteiger partial charge in [0.2, 0.25) is 5.88 Å². The zero-order valence-electron chi connectivity index (χ0n) is 12.3. The Kier molecular flexibility index (Phi) is 5.52. The quantitative estimate of drug-likeness (QED) is 0.867. The molecule has 1 N–H and O–H groups in total. The van der Waals surface area contributed by atoms with Crippen LogP contribution in [-0.2, 0) is 6.42 Å². The number of methoxy groups -OCH3 is 2. The lowest BCUT2D eigenvalue weighted by Gasteiger charge is -2.16. The highest BCUT2D eigenvalue weighted by Gasteiger charge is 2.14. The fraction of sp³-hybridized carbons (Fsp3) is 0.333. The Balaban J connectivity index is 2.20. The normalized spacial score (nSPS) is 12.0. The van der Waals surface area contributed by atoms with Crippen LogP contribution in [0.2, 0.25) is 0 Å². The van der Waals surface area contributed by atoms with Gasteiger partial charge in [0.05, 0.1) is 30.4 Å². The molecule has 2 rings (SSSR count). The first-order chi connectivity index (χ1) is 10.2. The SMILES string of the molecule is CNC(Cc1ccc(OC)c(Br)c1)c1cc(OC)ncn1. The van der Waals surface area contributed by atoms with Gasteiger partial charge in [-0.1, -0.05) is 6.07 Å². The number of aromatic nitrogens is 2. The van der Waals surface area contributed by atoms with E-state index in [2.05, 4.69) is 37.3 Å². The minimum atomic E-state index is 0.0854. The highest BCUT2D eigenvalue weighted by Crippen LogP contribution is 2.27. The van der Waals surface area contributed by atoms with E-state index in [-0.39, 0.29) is 6.04 Å². The van der Waals surface area contributed by atoms with Crippen molar-refractivity contribution in [2.45, 2.75) is 12.5 Å². The van der Waals surface area contributed by atoms with Crippen LogP contribution in [-0.4, -0.2) is 31.2 Å². The number of nitrogens with zero attached hydrogens (tertiary/aromatic N) is 2. The van der Waals surface area contributed by atoms with Gasteiger partial charge in [-0.05, 0) is 47.1 Å². The molecule has 0 fully saturated rings. The van der Waals surface area contributed by atoms with Crippen LogP contribution in [0.5, 0.6) is 11.6 Å². The third kappa shape index (κ3) is 3.92. The maximum Gasteiger partial charge on any atom is 0.216 e. The molecule has 1 aromatic carbocycles. The molecule has 21 heavy (non-hydrogen) atoms. The Hall–Kier alpha value is -1.66. The highest BCUT2D eigenvalue weighted by molar-refractivity contribution is 9.10. The van der Waals surface area contributed by atoms with E-state index < -0.39 is 0 Å². The van der Waals surface area contributed by atoms with Crippen molar-refractivity contribution >= 4 is 15.9 Å². The summed E-state index contributed by atoms with van der Waals surface area (Å²) < 4.78 is 11.3. The molecule has 0 aliphatic heterocycles. The molecule has 0 aliphatic carbocycles. The predicted molar refractivity (Wildman–Crippen MR) is 84.8 cm³/mol. The van der Waals surface area contributed by atoms with Crippen molar-refractivity contribution in [3.63, 3.8) is 0 Å². The summed E-state index contributed by atoms with van der Waals surface area (Å²) in [5, 5.41) is 3.27. The Morgan fingerprint density at radius 1 is 1.19 bits per heavy atom. The molecule has 0 saturated carbocycles. The van der Waals surface area contributed by atoms with E-state index in [1.54, 1.807) is 14.2 Å². The van der Waals surface area contributed by atoms with Crippen LogP contribution in [0.25, 0.3) is 0 Å². The van der Waals surface area contributed by atoms with Crippen LogP contribution >= 0.6 is 15.9 Å². The minimum Gasteiger partial charge on any atom is -0.496 e. The number of nitrogens with one attached hydrogen (secondary N) is 1. The molecule has 0 saturated heterocycles. The van der Waals surface area contributed by atoms with Crippen molar-refractivity contribution in [2.75, 3.05) is 21.3 Å². The topological polar surface area (TPSA) is 56.3 Å². The van der Waals surface area contributed by atoms with Crippen LogP contribution in [0.4, 0.5) is 0 Å². The van der Waals surface area contributed by atoms with Gasteiger partial charge in [0, 0.05) is 6.07 Å². The number of hydrogen-bond acceptors (Lipinski definition) is 5. The molecular formula is C15H18BrN3O2. The fourth-order valence-corrected chi connectivity index (χ4v) is 2.67. The summed E-state index contributed by atoms with van der Waals surface area (Å²) >= 11 is 3.51. The molecule has 6 heteroatoms. The molecular weight excluding hydrogens is 334 g/mol. The molecule has 112 valence electrons. The average molecular weight is 352 g/mol. The van der Waals surface area contributed by atoms with Crippen LogP contribution < -0.4 is 14.8 Å². The van der Waals surface area contributed by atoms with Crippen LogP contribution in [0.3, 0.4) is 0 Å². The lowest BCUT2D eigenvalue weighted by Crippen LogP contribution is -2.20. The summed E-state index contributed by atoms with van der Waals surface area (Å²) in [7, 11) is 5.17. The zero-order valence-corrected chi connectivity index (χ0v) is 13.8. The van der Waals surface area contributed by atoms with Crippen LogP contribution in [0.15, 0.2) is 35.1 Å². The van der Waals surface area contributed by atoms with E-state index in [1.807, 2.05) is 25.2 Å². The molecule has 0 radical (unpaired) electrons. The molecule has 2 aromatic rings. The summed E-state index contributed by atoms with van der Waals surface area (Å²) in [5.74, 6) is 1.39. The lowest BCUT2D eigenvalue weighted by molar-refractivity contribution is 0.394. The van der Waals surface area contributed by atoms with Gasteiger partial charge in [-0.3, -0.25) is 0 Å². The smallest absolute Gasteiger partial charge is 0.216 e. The van der Waals surface area contributed by atoms with Crippen LogP contribution in [0, 0.1) is 0 Å². The molecule has 1 atom stereocenters. The van der Waals surface area contributed by atoms with E-state index >= 15 is 0 Å². The van der Waals surface area contributed by atoms with Crippen molar-refractivity contribution in [3.05, 3.63) is 46.3 Å². The highest BCUT2D eigenvalue weighted by atomic mass is 79.9. The summed E-state index contributed by atoms with van der Waals surface area (Å²) in [6, 6.07) is 7.99. The largest absolute Gasteiger partial charge is 0.496 e. The standard InChI is InChI=1S/C15H18BrN3O2/c1-17-12(13-8-15(21-3)19-9-18-13)7-10-4-5-14(20-2)11(16)6-10/h4-6,8-9,12,17H,7H2,1-3H3. The number of benzene rings is 1. The van der Waals surface area contributed by atoms with E-state index in [4.69, 9.17) is 9.47 Å². The monoisotopic (exact) mass is 351 g/mol. The first-order valence-electron chi connectivity index (χ1n) is 6.53. The van der Waals surface area contributed by atoms with Crippen molar-refractivity contribution in [3.8, 4) is 11.6 Å². The zero-order chi connectivity index (χ0) is 15.2. The Morgan fingerprint density at radius 2 is 2.00 bits per heavy atom. The molecule has 1 unspecified atom stereocenters. The Labute approximate surface area is 132 Å². The second kappa shape index (κ2) is 7.38. The molecule has 0 aliphatic rings. The third-order valence-corrected chi connectivity index (χ3v) is 3.85. The molecule has 0 amide bonds. The Bertz CT molecular complexity index is 607. The van der Waals surface area contributed by atoms with Crippen molar-refractivity contribution < 1.29 is 9.47 Å². The Morgan fingerprint density at radius 3 is 2.62 bits per heavy atom. The van der Waals surface area contributed by atoms with Gasteiger partial charge in [-0.15, -0.1) is 0 Å². The van der Waals surface area contributed by atoms with Crippen molar-refractivity contribution in [1.82, 2.24) is 15.3 Å². The van der Waals surface area contributed by atoms with Gasteiger partial charge < -0.3 is 14.8 Å².